The second-order valence-electron chi connectivity index (χ2n) is 4.35. The third-order valence-electron chi connectivity index (χ3n) is 2.70. The first-order chi connectivity index (χ1) is 9.44. The summed E-state index contributed by atoms with van der Waals surface area (Å²) in [4.78, 5) is 0.212. The molecular formula is C12H15BrN4O2S. The molecule has 2 rings (SSSR count). The highest BCUT2D eigenvalue weighted by atomic mass is 79.9. The molecule has 1 heterocycles. The van der Waals surface area contributed by atoms with Crippen LogP contribution in [0.1, 0.15) is 11.1 Å². The minimum absolute atomic E-state index is 0.212. The lowest BCUT2D eigenvalue weighted by Gasteiger charge is -2.12. The molecule has 6 nitrogen and oxygen atoms in total. The zero-order valence-electron chi connectivity index (χ0n) is 11.1. The molecule has 0 aliphatic heterocycles. The van der Waals surface area contributed by atoms with Gasteiger partial charge in [0.25, 0.3) is 10.0 Å². The molecule has 1 aromatic carbocycles. The van der Waals surface area contributed by atoms with Crippen LogP contribution in [0.2, 0.25) is 0 Å². The summed E-state index contributed by atoms with van der Waals surface area (Å²) in [5.41, 5.74) is 2.17. The standard InChI is InChI=1S/C12H15BrN4O2S/c1-8-3-9(5-14-2)4-11(12(8)13)20(18,19)17-10-6-15-16-7-10/h3-4,6-7,14,17H,5H2,1-2H3,(H,15,16). The number of nitrogens with one attached hydrogen (secondary N) is 3. The van der Waals surface area contributed by atoms with Gasteiger partial charge in [0, 0.05) is 17.2 Å². The van der Waals surface area contributed by atoms with Crippen molar-refractivity contribution in [1.82, 2.24) is 15.5 Å². The molecule has 0 unspecified atom stereocenters. The van der Waals surface area contributed by atoms with Crippen molar-refractivity contribution in [3.63, 3.8) is 0 Å². The van der Waals surface area contributed by atoms with Crippen LogP contribution < -0.4 is 10.0 Å². The van der Waals surface area contributed by atoms with Gasteiger partial charge < -0.3 is 5.32 Å². The van der Waals surface area contributed by atoms with Gasteiger partial charge in [0.2, 0.25) is 0 Å². The van der Waals surface area contributed by atoms with Gasteiger partial charge in [0.05, 0.1) is 11.9 Å². The third-order valence-corrected chi connectivity index (χ3v) is 5.42. The van der Waals surface area contributed by atoms with Crippen LogP contribution in [0.5, 0.6) is 0 Å². The zero-order valence-corrected chi connectivity index (χ0v) is 13.5. The van der Waals surface area contributed by atoms with Crippen molar-refractivity contribution in [1.29, 1.82) is 0 Å². The molecule has 0 fully saturated rings. The molecule has 3 N–H and O–H groups in total. The Labute approximate surface area is 126 Å². The SMILES string of the molecule is CNCc1cc(C)c(Br)c(S(=O)(=O)Nc2cn[nH]c2)c1. The number of sulfonamides is 1. The largest absolute Gasteiger partial charge is 0.316 e. The Morgan fingerprint density at radius 1 is 1.40 bits per heavy atom. The maximum absolute atomic E-state index is 12.4. The predicted molar refractivity (Wildman–Crippen MR) is 81.0 cm³/mol. The van der Waals surface area contributed by atoms with E-state index < -0.39 is 10.0 Å². The maximum atomic E-state index is 12.4. The summed E-state index contributed by atoms with van der Waals surface area (Å²) in [7, 11) is -1.85. The first-order valence-electron chi connectivity index (χ1n) is 5.89. The van der Waals surface area contributed by atoms with Crippen molar-refractivity contribution in [2.45, 2.75) is 18.4 Å². The smallest absolute Gasteiger partial charge is 0.263 e. The van der Waals surface area contributed by atoms with Crippen molar-refractivity contribution in [2.75, 3.05) is 11.8 Å². The molecule has 0 aliphatic rings. The van der Waals surface area contributed by atoms with Crippen LogP contribution in [0, 0.1) is 6.92 Å². The summed E-state index contributed by atoms with van der Waals surface area (Å²) in [6.07, 6.45) is 2.89. The Balaban J connectivity index is 2.44. The summed E-state index contributed by atoms with van der Waals surface area (Å²) in [6.45, 7) is 2.46. The van der Waals surface area contributed by atoms with E-state index in [-0.39, 0.29) is 4.90 Å². The Bertz CT molecular complexity index is 698. The minimum atomic E-state index is -3.66. The summed E-state index contributed by atoms with van der Waals surface area (Å²) in [5.74, 6) is 0. The second kappa shape index (κ2) is 5.94. The molecule has 0 saturated carbocycles. The van der Waals surface area contributed by atoms with Gasteiger partial charge in [-0.1, -0.05) is 6.07 Å². The van der Waals surface area contributed by atoms with E-state index in [2.05, 4.69) is 36.2 Å². The van der Waals surface area contributed by atoms with Crippen molar-refractivity contribution in [2.24, 2.45) is 0 Å². The van der Waals surface area contributed by atoms with E-state index in [1.54, 1.807) is 6.07 Å². The van der Waals surface area contributed by atoms with Gasteiger partial charge in [-0.25, -0.2) is 8.42 Å². The molecule has 0 spiro atoms. The number of aromatic amines is 1. The van der Waals surface area contributed by atoms with Gasteiger partial charge in [0.15, 0.2) is 0 Å². The Morgan fingerprint density at radius 3 is 2.75 bits per heavy atom. The van der Waals surface area contributed by atoms with Crippen LogP contribution in [0.4, 0.5) is 5.69 Å². The molecule has 0 atom stereocenters. The number of anilines is 1. The maximum Gasteiger partial charge on any atom is 0.263 e. The molecule has 0 bridgehead atoms. The summed E-state index contributed by atoms with van der Waals surface area (Å²) in [6, 6.07) is 3.59. The fourth-order valence-electron chi connectivity index (χ4n) is 1.83. The highest BCUT2D eigenvalue weighted by Crippen LogP contribution is 2.28. The lowest BCUT2D eigenvalue weighted by molar-refractivity contribution is 0.600. The number of H-pyrrole nitrogens is 1. The van der Waals surface area contributed by atoms with Crippen LogP contribution in [0.25, 0.3) is 0 Å². The van der Waals surface area contributed by atoms with Crippen molar-refractivity contribution in [3.8, 4) is 0 Å². The zero-order chi connectivity index (χ0) is 14.8. The van der Waals surface area contributed by atoms with Crippen LogP contribution in [-0.2, 0) is 16.6 Å². The number of hydrogen-bond donors (Lipinski definition) is 3. The molecule has 0 saturated heterocycles. The minimum Gasteiger partial charge on any atom is -0.316 e. The molecule has 20 heavy (non-hydrogen) atoms. The van der Waals surface area contributed by atoms with E-state index in [4.69, 9.17) is 0 Å². The average molecular weight is 359 g/mol. The lowest BCUT2D eigenvalue weighted by atomic mass is 10.1. The number of aromatic nitrogens is 2. The number of benzene rings is 1. The van der Waals surface area contributed by atoms with Gasteiger partial charge in [-0.15, -0.1) is 0 Å². The third kappa shape index (κ3) is 3.20. The van der Waals surface area contributed by atoms with Crippen molar-refractivity contribution in [3.05, 3.63) is 40.1 Å². The van der Waals surface area contributed by atoms with E-state index >= 15 is 0 Å². The van der Waals surface area contributed by atoms with E-state index in [0.717, 1.165) is 11.1 Å². The van der Waals surface area contributed by atoms with E-state index in [1.165, 1.54) is 12.4 Å². The molecule has 0 aliphatic carbocycles. The first-order valence-corrected chi connectivity index (χ1v) is 8.17. The number of rotatable bonds is 5. The van der Waals surface area contributed by atoms with Crippen LogP contribution in [0.15, 0.2) is 33.9 Å². The van der Waals surface area contributed by atoms with Gasteiger partial charge in [-0.2, -0.15) is 5.10 Å². The number of aryl methyl sites for hydroxylation is 1. The van der Waals surface area contributed by atoms with Gasteiger partial charge in [0.1, 0.15) is 4.90 Å². The van der Waals surface area contributed by atoms with E-state index in [9.17, 15) is 8.42 Å². The summed E-state index contributed by atoms with van der Waals surface area (Å²) in [5, 5.41) is 9.29. The number of halogens is 1. The normalized spacial score (nSPS) is 11.6. The fraction of sp³-hybridized carbons (Fsp3) is 0.250. The Hall–Kier alpha value is -1.38. The molecule has 0 radical (unpaired) electrons. The van der Waals surface area contributed by atoms with Crippen molar-refractivity contribution < 1.29 is 8.42 Å². The summed E-state index contributed by atoms with van der Waals surface area (Å²) < 4.78 is 27.9. The predicted octanol–water partition coefficient (Wildman–Crippen LogP) is 2.00. The van der Waals surface area contributed by atoms with Crippen molar-refractivity contribution >= 4 is 31.6 Å². The first kappa shape index (κ1) is 15.0. The average Bonchev–Trinajstić information content (AvgIpc) is 2.85. The molecule has 1 aromatic heterocycles. The van der Waals surface area contributed by atoms with Crippen LogP contribution in [0.3, 0.4) is 0 Å². The monoisotopic (exact) mass is 358 g/mol. The quantitative estimate of drug-likeness (QED) is 0.762. The number of hydrogen-bond acceptors (Lipinski definition) is 4. The van der Waals surface area contributed by atoms with E-state index in [0.29, 0.717) is 16.7 Å². The molecule has 108 valence electrons. The molecule has 0 amide bonds. The van der Waals surface area contributed by atoms with Gasteiger partial charge in [-0.05, 0) is 47.1 Å². The fourth-order valence-corrected chi connectivity index (χ4v) is 3.93. The van der Waals surface area contributed by atoms with Gasteiger partial charge >= 0.3 is 0 Å². The molecule has 8 heteroatoms. The highest BCUT2D eigenvalue weighted by Gasteiger charge is 2.20. The van der Waals surface area contributed by atoms with Crippen LogP contribution >= 0.6 is 15.9 Å². The second-order valence-corrected chi connectivity index (χ2v) is 6.79. The Kier molecular flexibility index (Phi) is 4.46. The van der Waals surface area contributed by atoms with Crippen LogP contribution in [-0.4, -0.2) is 25.7 Å². The molecular weight excluding hydrogens is 344 g/mol. The summed E-state index contributed by atoms with van der Waals surface area (Å²) >= 11 is 3.34. The highest BCUT2D eigenvalue weighted by molar-refractivity contribution is 9.10. The Morgan fingerprint density at radius 2 is 2.15 bits per heavy atom. The topological polar surface area (TPSA) is 86.9 Å². The molecule has 2 aromatic rings. The van der Waals surface area contributed by atoms with Gasteiger partial charge in [-0.3, -0.25) is 9.82 Å². The lowest BCUT2D eigenvalue weighted by Crippen LogP contribution is -2.15. The number of nitrogens with zero attached hydrogens (tertiary/aromatic N) is 1. The van der Waals surface area contributed by atoms with E-state index in [1.807, 2.05) is 20.0 Å².